The van der Waals surface area contributed by atoms with Crippen LogP contribution in [0.4, 0.5) is 5.69 Å². The largest absolute Gasteiger partial charge is 0.278 e. The Morgan fingerprint density at radius 3 is 2.59 bits per heavy atom. The Bertz CT molecular complexity index is 1100. The van der Waals surface area contributed by atoms with Gasteiger partial charge in [-0.25, -0.2) is 4.68 Å². The first kappa shape index (κ1) is 18.4. The maximum atomic E-state index is 12.7. The number of thioether (sulfide) groups is 1. The standard InChI is InChI=1S/C21H16ClN3O3S/c22-17-10-15-19-16(11-24(23-19)21(26)12-4-2-1-3-5-12)18(17)20(15)29-14-8-6-13(7-9-14)25(27)28/h1-9,11,15,17-18,20H,10H2/t15-,17+,18-,20?/m0/s1. The van der Waals surface area contributed by atoms with Crippen molar-refractivity contribution in [3.8, 4) is 0 Å². The monoisotopic (exact) mass is 425 g/mol. The van der Waals surface area contributed by atoms with Gasteiger partial charge in [-0.1, -0.05) is 18.2 Å². The molecule has 1 unspecified atom stereocenters. The quantitative estimate of drug-likeness (QED) is 0.340. The highest BCUT2D eigenvalue weighted by molar-refractivity contribution is 8.00. The molecule has 0 N–H and O–H groups in total. The number of carbonyl (C=O) groups excluding carboxylic acids is 1. The summed E-state index contributed by atoms with van der Waals surface area (Å²) in [5, 5.41) is 15.7. The zero-order valence-electron chi connectivity index (χ0n) is 15.1. The summed E-state index contributed by atoms with van der Waals surface area (Å²) in [6.45, 7) is 0. The van der Waals surface area contributed by atoms with Crippen molar-refractivity contribution in [2.24, 2.45) is 0 Å². The minimum atomic E-state index is -0.398. The molecule has 29 heavy (non-hydrogen) atoms. The number of nitrogens with zero attached hydrogens (tertiary/aromatic N) is 3. The van der Waals surface area contributed by atoms with E-state index in [9.17, 15) is 14.9 Å². The van der Waals surface area contributed by atoms with Gasteiger partial charge < -0.3 is 0 Å². The fraction of sp³-hybridized carbons (Fsp3) is 0.238. The Hall–Kier alpha value is -2.64. The van der Waals surface area contributed by atoms with Crippen LogP contribution in [0.5, 0.6) is 0 Å². The SMILES string of the molecule is O=C(c1ccccc1)n1cc2c(n1)[C@@H]1C[C@@H](Cl)[C@H]2C1Sc1ccc([N+](=O)[O-])cc1. The van der Waals surface area contributed by atoms with Gasteiger partial charge in [0.15, 0.2) is 0 Å². The number of hydrogen-bond donors (Lipinski definition) is 0. The van der Waals surface area contributed by atoms with Crippen LogP contribution in [0.1, 0.15) is 39.9 Å². The van der Waals surface area contributed by atoms with Crippen LogP contribution in [-0.4, -0.2) is 31.2 Å². The molecule has 1 saturated carbocycles. The van der Waals surface area contributed by atoms with Gasteiger partial charge in [-0.3, -0.25) is 14.9 Å². The Kier molecular flexibility index (Phi) is 4.44. The predicted octanol–water partition coefficient (Wildman–Crippen LogP) is 4.83. The Balaban J connectivity index is 1.40. The maximum Gasteiger partial charge on any atom is 0.278 e. The van der Waals surface area contributed by atoms with E-state index in [0.717, 1.165) is 22.6 Å². The van der Waals surface area contributed by atoms with Crippen molar-refractivity contribution in [3.05, 3.63) is 87.7 Å². The van der Waals surface area contributed by atoms with Gasteiger partial charge in [-0.05, 0) is 36.2 Å². The molecule has 5 rings (SSSR count). The summed E-state index contributed by atoms with van der Waals surface area (Å²) < 4.78 is 1.43. The molecule has 2 bridgehead atoms. The molecule has 3 aromatic rings. The van der Waals surface area contributed by atoms with E-state index in [4.69, 9.17) is 11.6 Å². The number of alkyl halides is 1. The molecule has 8 heteroatoms. The first-order chi connectivity index (χ1) is 14.0. The second-order valence-corrected chi connectivity index (χ2v) is 9.11. The lowest BCUT2D eigenvalue weighted by molar-refractivity contribution is -0.384. The van der Waals surface area contributed by atoms with Crippen LogP contribution >= 0.6 is 23.4 Å². The average molecular weight is 426 g/mol. The smallest absolute Gasteiger partial charge is 0.267 e. The van der Waals surface area contributed by atoms with Crippen LogP contribution in [0.2, 0.25) is 0 Å². The van der Waals surface area contributed by atoms with Gasteiger partial charge in [0.1, 0.15) is 0 Å². The number of non-ortho nitro benzene ring substituents is 1. The van der Waals surface area contributed by atoms with Crippen molar-refractivity contribution in [1.82, 2.24) is 9.78 Å². The molecular weight excluding hydrogens is 410 g/mol. The fourth-order valence-corrected chi connectivity index (χ4v) is 6.41. The molecule has 0 amide bonds. The summed E-state index contributed by atoms with van der Waals surface area (Å²) in [5.41, 5.74) is 2.68. The molecular formula is C21H16ClN3O3S. The van der Waals surface area contributed by atoms with Crippen LogP contribution < -0.4 is 0 Å². The highest BCUT2D eigenvalue weighted by Crippen LogP contribution is 2.60. The first-order valence-electron chi connectivity index (χ1n) is 9.27. The molecule has 1 heterocycles. The number of aromatic nitrogens is 2. The third-order valence-electron chi connectivity index (χ3n) is 5.65. The molecule has 4 atom stereocenters. The van der Waals surface area contributed by atoms with E-state index in [1.807, 2.05) is 24.4 Å². The van der Waals surface area contributed by atoms with Gasteiger partial charge in [-0.2, -0.15) is 5.10 Å². The molecule has 146 valence electrons. The van der Waals surface area contributed by atoms with Crippen LogP contribution in [0.15, 0.2) is 65.7 Å². The third kappa shape index (κ3) is 3.05. The zero-order chi connectivity index (χ0) is 20.1. The third-order valence-corrected chi connectivity index (χ3v) is 7.54. The topological polar surface area (TPSA) is 78.0 Å². The zero-order valence-corrected chi connectivity index (χ0v) is 16.7. The lowest BCUT2D eigenvalue weighted by Crippen LogP contribution is -2.15. The van der Waals surface area contributed by atoms with E-state index in [-0.39, 0.29) is 34.1 Å². The number of benzene rings is 2. The highest BCUT2D eigenvalue weighted by Gasteiger charge is 2.53. The summed E-state index contributed by atoms with van der Waals surface area (Å²) in [4.78, 5) is 24.2. The van der Waals surface area contributed by atoms with Crippen molar-refractivity contribution in [3.63, 3.8) is 0 Å². The van der Waals surface area contributed by atoms with E-state index in [0.29, 0.717) is 5.56 Å². The molecule has 0 spiro atoms. The Morgan fingerprint density at radius 1 is 1.17 bits per heavy atom. The Labute approximate surface area is 176 Å². The molecule has 1 fully saturated rings. The fourth-order valence-electron chi connectivity index (χ4n) is 4.34. The minimum Gasteiger partial charge on any atom is -0.267 e. The minimum absolute atomic E-state index is 0.00692. The number of nitro groups is 1. The van der Waals surface area contributed by atoms with Crippen molar-refractivity contribution >= 4 is 35.0 Å². The van der Waals surface area contributed by atoms with E-state index >= 15 is 0 Å². The number of fused-ring (bicyclic) bond motifs is 5. The summed E-state index contributed by atoms with van der Waals surface area (Å²) in [5.74, 6) is 0.127. The molecule has 0 radical (unpaired) electrons. The second-order valence-electron chi connectivity index (χ2n) is 7.30. The molecule has 2 aliphatic rings. The number of nitro benzene ring substituents is 1. The first-order valence-corrected chi connectivity index (χ1v) is 10.6. The van der Waals surface area contributed by atoms with Crippen LogP contribution in [-0.2, 0) is 0 Å². The van der Waals surface area contributed by atoms with Gasteiger partial charge >= 0.3 is 0 Å². The number of hydrogen-bond acceptors (Lipinski definition) is 5. The molecule has 2 aromatic carbocycles. The van der Waals surface area contributed by atoms with Crippen LogP contribution in [0.3, 0.4) is 0 Å². The van der Waals surface area contributed by atoms with Gasteiger partial charge in [0.2, 0.25) is 0 Å². The van der Waals surface area contributed by atoms with Gasteiger partial charge in [-0.15, -0.1) is 23.4 Å². The number of halogens is 1. The van der Waals surface area contributed by atoms with Gasteiger partial charge in [0.25, 0.3) is 11.6 Å². The second kappa shape index (κ2) is 7.00. The summed E-state index contributed by atoms with van der Waals surface area (Å²) in [6, 6.07) is 15.7. The van der Waals surface area contributed by atoms with Gasteiger partial charge in [0.05, 0.1) is 10.6 Å². The van der Waals surface area contributed by atoms with Crippen molar-refractivity contribution in [2.75, 3.05) is 0 Å². The molecule has 1 aromatic heterocycles. The highest BCUT2D eigenvalue weighted by atomic mass is 35.5. The van der Waals surface area contributed by atoms with E-state index in [1.54, 1.807) is 36.0 Å². The van der Waals surface area contributed by atoms with Crippen LogP contribution in [0.25, 0.3) is 0 Å². The van der Waals surface area contributed by atoms with Crippen molar-refractivity contribution < 1.29 is 9.72 Å². The summed E-state index contributed by atoms with van der Waals surface area (Å²) in [6.07, 6.45) is 2.65. The predicted molar refractivity (Wildman–Crippen MR) is 111 cm³/mol. The molecule has 0 saturated heterocycles. The average Bonchev–Trinajstić information content (AvgIpc) is 3.37. The van der Waals surface area contributed by atoms with E-state index in [1.165, 1.54) is 16.8 Å². The maximum absolute atomic E-state index is 12.7. The number of rotatable bonds is 4. The van der Waals surface area contributed by atoms with Gasteiger partial charge in [0, 0.05) is 51.3 Å². The molecule has 6 nitrogen and oxygen atoms in total. The molecule has 2 aliphatic carbocycles. The lowest BCUT2D eigenvalue weighted by atomic mass is 9.98. The Morgan fingerprint density at radius 2 is 1.90 bits per heavy atom. The van der Waals surface area contributed by atoms with Crippen LogP contribution in [0, 0.1) is 10.1 Å². The number of carbonyl (C=O) groups is 1. The van der Waals surface area contributed by atoms with Crippen molar-refractivity contribution in [1.29, 1.82) is 0 Å². The lowest BCUT2D eigenvalue weighted by Gasteiger charge is -2.17. The normalized spacial score (nSPS) is 24.4. The summed E-state index contributed by atoms with van der Waals surface area (Å²) >= 11 is 8.33. The summed E-state index contributed by atoms with van der Waals surface area (Å²) in [7, 11) is 0. The molecule has 0 aliphatic heterocycles. The van der Waals surface area contributed by atoms with Crippen molar-refractivity contribution in [2.45, 2.75) is 33.8 Å². The van der Waals surface area contributed by atoms with E-state index in [2.05, 4.69) is 5.10 Å². The van der Waals surface area contributed by atoms with E-state index < -0.39 is 4.92 Å².